The number of benzene rings is 1. The van der Waals surface area contributed by atoms with Gasteiger partial charge in [0, 0.05) is 5.56 Å². The van der Waals surface area contributed by atoms with Crippen molar-refractivity contribution in [2.75, 3.05) is 0 Å². The van der Waals surface area contributed by atoms with Crippen molar-refractivity contribution in [1.82, 2.24) is 0 Å². The zero-order valence-electron chi connectivity index (χ0n) is 10.4. The summed E-state index contributed by atoms with van der Waals surface area (Å²) < 4.78 is 50.6. The first kappa shape index (κ1) is 15.6. The minimum atomic E-state index is -4.83. The average Bonchev–Trinajstić information content (AvgIpc) is 2.34. The fraction of sp³-hybridized carbons (Fsp3) is 0.462. The van der Waals surface area contributed by atoms with Crippen LogP contribution < -0.4 is 5.73 Å². The fourth-order valence-electron chi connectivity index (χ4n) is 1.66. The third kappa shape index (κ3) is 4.02. The second kappa shape index (κ2) is 6.14. The number of halogens is 4. The average molecular weight is 277 g/mol. The van der Waals surface area contributed by atoms with Crippen LogP contribution in [0, 0.1) is 5.82 Å². The Kier molecular flexibility index (Phi) is 5.05. The number of unbranched alkanes of at least 4 members (excludes halogenated alkanes) is 1. The first-order chi connectivity index (χ1) is 8.77. The highest BCUT2D eigenvalue weighted by atomic mass is 19.4. The van der Waals surface area contributed by atoms with Crippen molar-refractivity contribution in [3.63, 3.8) is 0 Å². The number of Topliss-reactive ketones (excluding diaryl/α,β-unsaturated/α-hetero) is 1. The van der Waals surface area contributed by atoms with Gasteiger partial charge < -0.3 is 5.73 Å². The molecule has 19 heavy (non-hydrogen) atoms. The number of hydrogen-bond donors (Lipinski definition) is 1. The molecule has 6 heteroatoms. The Hall–Kier alpha value is -1.43. The number of carbonyl (C=O) groups is 1. The molecule has 1 atom stereocenters. The normalized spacial score (nSPS) is 13.4. The lowest BCUT2D eigenvalue weighted by molar-refractivity contribution is -0.140. The molecule has 2 N–H and O–H groups in total. The predicted octanol–water partition coefficient (Wildman–Crippen LogP) is 3.54. The fourth-order valence-corrected chi connectivity index (χ4v) is 1.66. The molecule has 106 valence electrons. The zero-order chi connectivity index (χ0) is 14.6. The van der Waals surface area contributed by atoms with Gasteiger partial charge in [0.05, 0.1) is 11.6 Å². The molecule has 1 aromatic rings. The largest absolute Gasteiger partial charge is 0.419 e. The zero-order valence-corrected chi connectivity index (χ0v) is 10.4. The number of ketones is 1. The molecule has 0 aliphatic heterocycles. The van der Waals surface area contributed by atoms with Gasteiger partial charge in [-0.1, -0.05) is 19.8 Å². The number of alkyl halides is 3. The van der Waals surface area contributed by atoms with Crippen LogP contribution in [0.1, 0.15) is 42.1 Å². The molecule has 0 aromatic heterocycles. The minimum absolute atomic E-state index is 0.211. The summed E-state index contributed by atoms with van der Waals surface area (Å²) in [6.45, 7) is 1.91. The molecule has 1 unspecified atom stereocenters. The van der Waals surface area contributed by atoms with Crippen LogP contribution in [0.15, 0.2) is 18.2 Å². The van der Waals surface area contributed by atoms with Gasteiger partial charge in [0.1, 0.15) is 5.82 Å². The Morgan fingerprint density at radius 2 is 2.00 bits per heavy atom. The van der Waals surface area contributed by atoms with Gasteiger partial charge in [-0.05, 0) is 24.6 Å². The monoisotopic (exact) mass is 277 g/mol. The third-order valence-corrected chi connectivity index (χ3v) is 2.76. The molecule has 2 nitrogen and oxygen atoms in total. The second-order valence-corrected chi connectivity index (χ2v) is 4.31. The van der Waals surface area contributed by atoms with E-state index < -0.39 is 29.4 Å². The van der Waals surface area contributed by atoms with Gasteiger partial charge in [-0.3, -0.25) is 4.79 Å². The van der Waals surface area contributed by atoms with Crippen molar-refractivity contribution in [1.29, 1.82) is 0 Å². The summed E-state index contributed by atoms with van der Waals surface area (Å²) in [6, 6.07) is 1.33. The first-order valence-corrected chi connectivity index (χ1v) is 5.94. The summed E-state index contributed by atoms with van der Waals surface area (Å²) >= 11 is 0. The summed E-state index contributed by atoms with van der Waals surface area (Å²) in [5.74, 6) is -2.00. The second-order valence-electron chi connectivity index (χ2n) is 4.31. The van der Waals surface area contributed by atoms with Gasteiger partial charge in [0.15, 0.2) is 5.78 Å². The van der Waals surface area contributed by atoms with E-state index in [2.05, 4.69) is 0 Å². The van der Waals surface area contributed by atoms with Crippen molar-refractivity contribution in [2.24, 2.45) is 5.73 Å². The topological polar surface area (TPSA) is 43.1 Å². The maximum atomic E-state index is 13.1. The van der Waals surface area contributed by atoms with E-state index in [0.29, 0.717) is 25.0 Å². The van der Waals surface area contributed by atoms with Crippen LogP contribution in [0.4, 0.5) is 17.6 Å². The number of nitrogens with two attached hydrogens (primary N) is 1. The molecule has 0 saturated heterocycles. The van der Waals surface area contributed by atoms with Crippen LogP contribution in [-0.2, 0) is 6.18 Å². The molecule has 0 aliphatic carbocycles. The molecule has 0 heterocycles. The number of hydrogen-bond acceptors (Lipinski definition) is 2. The lowest BCUT2D eigenvalue weighted by Crippen LogP contribution is -2.30. The van der Waals surface area contributed by atoms with E-state index in [0.717, 1.165) is 12.5 Å². The molecular formula is C13H15F4NO. The van der Waals surface area contributed by atoms with E-state index in [-0.39, 0.29) is 5.56 Å². The third-order valence-electron chi connectivity index (χ3n) is 2.76. The Morgan fingerprint density at radius 3 is 2.53 bits per heavy atom. The van der Waals surface area contributed by atoms with Crippen LogP contribution >= 0.6 is 0 Å². The van der Waals surface area contributed by atoms with Gasteiger partial charge in [-0.25, -0.2) is 4.39 Å². The molecule has 0 bridgehead atoms. The number of rotatable bonds is 5. The van der Waals surface area contributed by atoms with E-state index in [9.17, 15) is 22.4 Å². The Labute approximate surface area is 108 Å². The van der Waals surface area contributed by atoms with Crippen molar-refractivity contribution in [3.05, 3.63) is 35.1 Å². The van der Waals surface area contributed by atoms with Crippen LogP contribution in [0.5, 0.6) is 0 Å². The Balaban J connectivity index is 2.99. The molecule has 0 radical (unpaired) electrons. The molecule has 0 saturated carbocycles. The van der Waals surface area contributed by atoms with Crippen molar-refractivity contribution in [3.8, 4) is 0 Å². The molecule has 1 aromatic carbocycles. The SMILES string of the molecule is CCCCC(N)C(=O)c1ccc(F)c(C(F)(F)F)c1. The van der Waals surface area contributed by atoms with E-state index in [1.165, 1.54) is 0 Å². The minimum Gasteiger partial charge on any atom is -0.321 e. The van der Waals surface area contributed by atoms with Crippen molar-refractivity contribution in [2.45, 2.75) is 38.4 Å². The summed E-state index contributed by atoms with van der Waals surface area (Å²) in [5.41, 5.74) is 3.95. The maximum absolute atomic E-state index is 13.1. The lowest BCUT2D eigenvalue weighted by atomic mass is 9.98. The van der Waals surface area contributed by atoms with Gasteiger partial charge in [-0.15, -0.1) is 0 Å². The molecule has 0 spiro atoms. The molecular weight excluding hydrogens is 262 g/mol. The van der Waals surface area contributed by atoms with Gasteiger partial charge in [0.25, 0.3) is 0 Å². The highest BCUT2D eigenvalue weighted by Crippen LogP contribution is 2.32. The molecule has 1 rings (SSSR count). The highest BCUT2D eigenvalue weighted by Gasteiger charge is 2.34. The van der Waals surface area contributed by atoms with E-state index in [1.807, 2.05) is 6.92 Å². The van der Waals surface area contributed by atoms with Crippen molar-refractivity contribution >= 4 is 5.78 Å². The molecule has 0 fully saturated rings. The van der Waals surface area contributed by atoms with E-state index in [4.69, 9.17) is 5.73 Å². The summed E-state index contributed by atoms with van der Waals surface area (Å²) in [7, 11) is 0. The van der Waals surface area contributed by atoms with Crippen molar-refractivity contribution < 1.29 is 22.4 Å². The summed E-state index contributed by atoms with van der Waals surface area (Å²) in [4.78, 5) is 11.8. The summed E-state index contributed by atoms with van der Waals surface area (Å²) in [5, 5.41) is 0. The standard InChI is InChI=1S/C13H15F4NO/c1-2-3-4-11(18)12(19)8-5-6-10(14)9(7-8)13(15,16)17/h5-7,11H,2-4,18H2,1H3. The summed E-state index contributed by atoms with van der Waals surface area (Å²) in [6.07, 6.45) is -2.89. The van der Waals surface area contributed by atoms with Gasteiger partial charge >= 0.3 is 6.18 Å². The van der Waals surface area contributed by atoms with E-state index in [1.54, 1.807) is 0 Å². The van der Waals surface area contributed by atoms with Gasteiger partial charge in [0.2, 0.25) is 0 Å². The van der Waals surface area contributed by atoms with Crippen LogP contribution in [0.25, 0.3) is 0 Å². The van der Waals surface area contributed by atoms with Crippen LogP contribution in [-0.4, -0.2) is 11.8 Å². The van der Waals surface area contributed by atoms with Crippen LogP contribution in [0.3, 0.4) is 0 Å². The first-order valence-electron chi connectivity index (χ1n) is 5.94. The Morgan fingerprint density at radius 1 is 1.37 bits per heavy atom. The molecule has 0 aliphatic rings. The van der Waals surface area contributed by atoms with Crippen LogP contribution in [0.2, 0.25) is 0 Å². The number of carbonyl (C=O) groups excluding carboxylic acids is 1. The maximum Gasteiger partial charge on any atom is 0.419 e. The smallest absolute Gasteiger partial charge is 0.321 e. The lowest BCUT2D eigenvalue weighted by Gasteiger charge is -2.13. The quantitative estimate of drug-likeness (QED) is 0.660. The highest BCUT2D eigenvalue weighted by molar-refractivity contribution is 6.00. The van der Waals surface area contributed by atoms with E-state index >= 15 is 0 Å². The Bertz CT molecular complexity index is 456. The van der Waals surface area contributed by atoms with Gasteiger partial charge in [-0.2, -0.15) is 13.2 Å². The predicted molar refractivity (Wildman–Crippen MR) is 63.2 cm³/mol. The molecule has 0 amide bonds.